The van der Waals surface area contributed by atoms with E-state index in [1.165, 1.54) is 51.4 Å². The topological polar surface area (TPSA) is 214 Å². The van der Waals surface area contributed by atoms with Crippen molar-refractivity contribution < 1.29 is 69.0 Å². The number of rotatable bonds is 34. The molecule has 11 atom stereocenters. The Morgan fingerprint density at radius 2 is 1.07 bits per heavy atom. The highest BCUT2D eigenvalue weighted by Crippen LogP contribution is 2.26. The van der Waals surface area contributed by atoms with Crippen LogP contribution in [-0.2, 0) is 33.2 Å². The first-order valence-corrected chi connectivity index (χ1v) is 22.7. The van der Waals surface area contributed by atoms with E-state index < -0.39 is 86.7 Å². The first kappa shape index (κ1) is 54.1. The molecule has 0 aromatic carbocycles. The van der Waals surface area contributed by atoms with Gasteiger partial charge in [0.05, 0.1) is 26.4 Å². The summed E-state index contributed by atoms with van der Waals surface area (Å²) in [5.41, 5.74) is 0. The Morgan fingerprint density at radius 1 is 0.567 bits per heavy atom. The maximum Gasteiger partial charge on any atom is 0.306 e. The van der Waals surface area contributed by atoms with E-state index in [1.54, 1.807) is 0 Å². The van der Waals surface area contributed by atoms with Crippen LogP contribution in [0.4, 0.5) is 0 Å². The molecular formula is C46H80O14. The minimum Gasteiger partial charge on any atom is -0.457 e. The lowest BCUT2D eigenvalue weighted by molar-refractivity contribution is -0.332. The van der Waals surface area contributed by atoms with Gasteiger partial charge in [-0.3, -0.25) is 4.79 Å². The standard InChI is InChI=1S/C46H80O14/c1-3-5-7-9-11-13-15-17-18-20-22-24-26-28-30-55-32-35(58-38(48)29-27-25-23-21-19-16-14-12-10-8-6-4-2)33-56-45-44(54)42(52)40(50)37(60-45)34-57-46-43(53)41(51)39(49)36(31-47)59-46/h5,7,11,13,17-18,22,24,35-37,39-47,49-54H,3-4,6,8-10,12,14-16,19-21,23,25-34H2,1-2H3/b7-5-,13-11-,18-17-,24-22-. The Hall–Kier alpha value is -2.05. The van der Waals surface area contributed by atoms with Crippen molar-refractivity contribution >= 4 is 5.97 Å². The molecule has 2 aliphatic rings. The molecule has 2 aliphatic heterocycles. The van der Waals surface area contributed by atoms with Gasteiger partial charge in [-0.05, 0) is 44.9 Å². The molecule has 2 rings (SSSR count). The zero-order chi connectivity index (χ0) is 43.8. The lowest BCUT2D eigenvalue weighted by Gasteiger charge is -2.42. The third-order valence-electron chi connectivity index (χ3n) is 10.6. The SMILES string of the molecule is CC/C=C\C/C=C\C/C=C\C/C=C\CCCOCC(COC1OC(COC2OC(CO)C(O)C(O)C2O)C(O)C(O)C1O)OC(=O)CCCCCCCCCCCCCC. The van der Waals surface area contributed by atoms with Crippen molar-refractivity contribution in [1.29, 1.82) is 0 Å². The van der Waals surface area contributed by atoms with Gasteiger partial charge in [0.2, 0.25) is 0 Å². The van der Waals surface area contributed by atoms with E-state index in [-0.39, 0.29) is 19.6 Å². The molecule has 60 heavy (non-hydrogen) atoms. The van der Waals surface area contributed by atoms with Gasteiger partial charge in [0.25, 0.3) is 0 Å². The van der Waals surface area contributed by atoms with Crippen molar-refractivity contribution in [1.82, 2.24) is 0 Å². The molecule has 0 radical (unpaired) electrons. The fourth-order valence-corrected chi connectivity index (χ4v) is 6.88. The second-order valence-electron chi connectivity index (χ2n) is 15.8. The number of carbonyl (C=O) groups excluding carboxylic acids is 1. The predicted octanol–water partition coefficient (Wildman–Crippen LogP) is 5.23. The number of esters is 1. The summed E-state index contributed by atoms with van der Waals surface area (Å²) in [5, 5.41) is 71.9. The van der Waals surface area contributed by atoms with E-state index in [0.29, 0.717) is 13.0 Å². The summed E-state index contributed by atoms with van der Waals surface area (Å²) in [5.74, 6) is -0.398. The van der Waals surface area contributed by atoms with Crippen LogP contribution in [0.25, 0.3) is 0 Å². The summed E-state index contributed by atoms with van der Waals surface area (Å²) in [6, 6.07) is 0. The van der Waals surface area contributed by atoms with E-state index >= 15 is 0 Å². The lowest BCUT2D eigenvalue weighted by Crippen LogP contribution is -2.61. The first-order valence-electron chi connectivity index (χ1n) is 22.7. The average molecular weight is 857 g/mol. The van der Waals surface area contributed by atoms with Crippen molar-refractivity contribution in [2.45, 2.75) is 203 Å². The molecule has 0 aliphatic carbocycles. The van der Waals surface area contributed by atoms with Crippen LogP contribution in [-0.4, -0.2) is 142 Å². The van der Waals surface area contributed by atoms with E-state index in [2.05, 4.69) is 62.5 Å². The zero-order valence-corrected chi connectivity index (χ0v) is 36.4. The fourth-order valence-electron chi connectivity index (χ4n) is 6.88. The van der Waals surface area contributed by atoms with E-state index in [0.717, 1.165) is 57.8 Å². The van der Waals surface area contributed by atoms with Crippen LogP contribution in [0.15, 0.2) is 48.6 Å². The van der Waals surface area contributed by atoms with Gasteiger partial charge in [-0.1, -0.05) is 133 Å². The molecule has 0 amide bonds. The Morgan fingerprint density at radius 3 is 1.63 bits per heavy atom. The molecule has 11 unspecified atom stereocenters. The smallest absolute Gasteiger partial charge is 0.306 e. The Balaban J connectivity index is 1.85. The number of unbranched alkanes of at least 4 members (excludes halogenated alkanes) is 12. The first-order chi connectivity index (χ1) is 29.1. The minimum atomic E-state index is -1.71. The maximum absolute atomic E-state index is 12.9. The average Bonchev–Trinajstić information content (AvgIpc) is 3.24. The van der Waals surface area contributed by atoms with Crippen LogP contribution in [0.3, 0.4) is 0 Å². The minimum absolute atomic E-state index is 0.0238. The third kappa shape index (κ3) is 22.9. The highest BCUT2D eigenvalue weighted by Gasteiger charge is 2.47. The summed E-state index contributed by atoms with van der Waals surface area (Å²) in [7, 11) is 0. The van der Waals surface area contributed by atoms with Gasteiger partial charge in [0.1, 0.15) is 54.9 Å². The number of aliphatic hydroxyl groups excluding tert-OH is 7. The second-order valence-corrected chi connectivity index (χ2v) is 15.8. The lowest BCUT2D eigenvalue weighted by atomic mass is 9.98. The number of hydrogen-bond acceptors (Lipinski definition) is 14. The number of ether oxygens (including phenoxy) is 6. The molecular weight excluding hydrogens is 776 g/mol. The van der Waals surface area contributed by atoms with Gasteiger partial charge in [-0.25, -0.2) is 0 Å². The number of carbonyl (C=O) groups is 1. The predicted molar refractivity (Wildman–Crippen MR) is 229 cm³/mol. The summed E-state index contributed by atoms with van der Waals surface area (Å²) in [6.07, 6.45) is 20.5. The molecule has 2 heterocycles. The van der Waals surface area contributed by atoms with Crippen molar-refractivity contribution in [3.8, 4) is 0 Å². The number of hydrogen-bond donors (Lipinski definition) is 7. The number of allylic oxidation sites excluding steroid dienone is 8. The summed E-state index contributed by atoms with van der Waals surface area (Å²) in [4.78, 5) is 12.9. The van der Waals surface area contributed by atoms with Gasteiger partial charge in [-0.2, -0.15) is 0 Å². The molecule has 7 N–H and O–H groups in total. The number of aliphatic hydroxyl groups is 7. The van der Waals surface area contributed by atoms with E-state index in [4.69, 9.17) is 28.4 Å². The third-order valence-corrected chi connectivity index (χ3v) is 10.6. The molecule has 14 heteroatoms. The monoisotopic (exact) mass is 857 g/mol. The fraction of sp³-hybridized carbons (Fsp3) is 0.804. The molecule has 0 aromatic heterocycles. The molecule has 0 spiro atoms. The summed E-state index contributed by atoms with van der Waals surface area (Å²) >= 11 is 0. The van der Waals surface area contributed by atoms with Crippen LogP contribution < -0.4 is 0 Å². The van der Waals surface area contributed by atoms with Crippen LogP contribution in [0.1, 0.15) is 136 Å². The van der Waals surface area contributed by atoms with Crippen molar-refractivity contribution in [3.63, 3.8) is 0 Å². The van der Waals surface area contributed by atoms with Crippen LogP contribution in [0.5, 0.6) is 0 Å². The van der Waals surface area contributed by atoms with Gasteiger partial charge < -0.3 is 64.2 Å². The van der Waals surface area contributed by atoms with Crippen molar-refractivity contribution in [2.75, 3.05) is 33.0 Å². The van der Waals surface area contributed by atoms with Gasteiger partial charge in [0, 0.05) is 13.0 Å². The summed E-state index contributed by atoms with van der Waals surface area (Å²) in [6.45, 7) is 3.39. The summed E-state index contributed by atoms with van der Waals surface area (Å²) < 4.78 is 34.0. The van der Waals surface area contributed by atoms with E-state index in [9.17, 15) is 40.5 Å². The van der Waals surface area contributed by atoms with Gasteiger partial charge in [0.15, 0.2) is 12.6 Å². The Labute approximate surface area is 359 Å². The van der Waals surface area contributed by atoms with Gasteiger partial charge >= 0.3 is 5.97 Å². The Bertz CT molecular complexity index is 1180. The molecule has 0 saturated carbocycles. The molecule has 2 saturated heterocycles. The maximum atomic E-state index is 12.9. The molecule has 0 bridgehead atoms. The van der Waals surface area contributed by atoms with Gasteiger partial charge in [-0.15, -0.1) is 0 Å². The zero-order valence-electron chi connectivity index (χ0n) is 36.4. The van der Waals surface area contributed by atoms with Crippen LogP contribution in [0, 0.1) is 0 Å². The quantitative estimate of drug-likeness (QED) is 0.0251. The molecule has 348 valence electrons. The highest BCUT2D eigenvalue weighted by atomic mass is 16.7. The van der Waals surface area contributed by atoms with Crippen molar-refractivity contribution in [3.05, 3.63) is 48.6 Å². The molecule has 0 aromatic rings. The molecule has 14 nitrogen and oxygen atoms in total. The van der Waals surface area contributed by atoms with Crippen LogP contribution >= 0.6 is 0 Å². The van der Waals surface area contributed by atoms with E-state index in [1.807, 2.05) is 0 Å². The van der Waals surface area contributed by atoms with Crippen molar-refractivity contribution in [2.24, 2.45) is 0 Å². The Kier molecular flexibility index (Phi) is 31.0. The largest absolute Gasteiger partial charge is 0.457 e. The second kappa shape index (κ2) is 34.4. The normalized spacial score (nSPS) is 28.1. The highest BCUT2D eigenvalue weighted by molar-refractivity contribution is 5.69. The molecule has 2 fully saturated rings. The van der Waals surface area contributed by atoms with Crippen LogP contribution in [0.2, 0.25) is 0 Å².